The summed E-state index contributed by atoms with van der Waals surface area (Å²) < 4.78 is 10.7. The number of benzene rings is 1. The topological polar surface area (TPSA) is 55.6 Å². The van der Waals surface area contributed by atoms with E-state index in [1.165, 1.54) is 0 Å². The Balaban J connectivity index is 2.26. The number of amides is 1. The van der Waals surface area contributed by atoms with Crippen LogP contribution in [-0.2, 0) is 0 Å². The molecular weight excluding hydrogens is 268 g/mol. The van der Waals surface area contributed by atoms with Gasteiger partial charge in [0.05, 0.1) is 6.61 Å². The molecule has 112 valence electrons. The van der Waals surface area contributed by atoms with Gasteiger partial charge in [-0.1, -0.05) is 0 Å². The molecule has 1 aromatic heterocycles. The van der Waals surface area contributed by atoms with E-state index in [-0.39, 0.29) is 5.91 Å². The van der Waals surface area contributed by atoms with Gasteiger partial charge in [0.15, 0.2) is 11.6 Å². The number of anilines is 1. The number of hydrogen-bond acceptors (Lipinski definition) is 4. The predicted octanol–water partition coefficient (Wildman–Crippen LogP) is 3.36. The Morgan fingerprint density at radius 1 is 1.24 bits per heavy atom. The van der Waals surface area contributed by atoms with Crippen LogP contribution < -0.4 is 9.64 Å². The second-order valence-electron chi connectivity index (χ2n) is 4.61. The van der Waals surface area contributed by atoms with Crippen molar-refractivity contribution in [2.24, 2.45) is 0 Å². The quantitative estimate of drug-likeness (QED) is 0.846. The summed E-state index contributed by atoms with van der Waals surface area (Å²) >= 11 is 0. The summed E-state index contributed by atoms with van der Waals surface area (Å²) in [6.45, 7) is 8.52. The Morgan fingerprint density at radius 2 is 1.90 bits per heavy atom. The van der Waals surface area contributed by atoms with Gasteiger partial charge in [0, 0.05) is 19.2 Å². The van der Waals surface area contributed by atoms with Gasteiger partial charge in [-0.15, -0.1) is 0 Å². The van der Waals surface area contributed by atoms with E-state index in [9.17, 15) is 4.79 Å². The van der Waals surface area contributed by atoms with E-state index < -0.39 is 0 Å². The van der Waals surface area contributed by atoms with Gasteiger partial charge < -0.3 is 14.1 Å². The van der Waals surface area contributed by atoms with E-state index in [1.807, 2.05) is 38.1 Å². The van der Waals surface area contributed by atoms with Gasteiger partial charge in [0.2, 0.25) is 0 Å². The van der Waals surface area contributed by atoms with Crippen molar-refractivity contribution >= 4 is 11.6 Å². The highest BCUT2D eigenvalue weighted by molar-refractivity contribution is 6.05. The summed E-state index contributed by atoms with van der Waals surface area (Å²) in [4.78, 5) is 18.4. The monoisotopic (exact) mass is 288 g/mol. The molecule has 5 heteroatoms. The molecule has 21 heavy (non-hydrogen) atoms. The zero-order valence-corrected chi connectivity index (χ0v) is 12.8. The van der Waals surface area contributed by atoms with Crippen LogP contribution in [0.1, 0.15) is 36.0 Å². The molecular formula is C16H20N2O3. The molecule has 0 radical (unpaired) electrons. The summed E-state index contributed by atoms with van der Waals surface area (Å²) in [5.41, 5.74) is 1.18. The molecule has 0 bridgehead atoms. The number of ether oxygens (including phenoxy) is 1. The summed E-state index contributed by atoms with van der Waals surface area (Å²) in [5.74, 6) is 1.68. The minimum absolute atomic E-state index is 0.156. The molecule has 0 saturated heterocycles. The van der Waals surface area contributed by atoms with Crippen LogP contribution >= 0.6 is 0 Å². The zero-order valence-electron chi connectivity index (χ0n) is 12.8. The van der Waals surface area contributed by atoms with Crippen LogP contribution in [0.15, 0.2) is 28.7 Å². The minimum Gasteiger partial charge on any atom is -0.494 e. The number of hydrogen-bond donors (Lipinski definition) is 0. The first kappa shape index (κ1) is 15.1. The highest BCUT2D eigenvalue weighted by Gasteiger charge is 2.22. The summed E-state index contributed by atoms with van der Waals surface area (Å²) in [7, 11) is 0. The lowest BCUT2D eigenvalue weighted by Crippen LogP contribution is -2.31. The van der Waals surface area contributed by atoms with Crippen LogP contribution in [0.3, 0.4) is 0 Å². The average Bonchev–Trinajstić information content (AvgIpc) is 2.80. The Morgan fingerprint density at radius 3 is 2.38 bits per heavy atom. The zero-order chi connectivity index (χ0) is 15.4. The molecule has 2 rings (SSSR count). The second-order valence-corrected chi connectivity index (χ2v) is 4.61. The first-order chi connectivity index (χ1) is 10.1. The summed E-state index contributed by atoms with van der Waals surface area (Å²) in [6.07, 6.45) is 0. The van der Waals surface area contributed by atoms with E-state index in [0.717, 1.165) is 11.4 Å². The highest BCUT2D eigenvalue weighted by Crippen LogP contribution is 2.22. The van der Waals surface area contributed by atoms with Crippen LogP contribution in [0.2, 0.25) is 0 Å². The Kier molecular flexibility index (Phi) is 4.62. The van der Waals surface area contributed by atoms with Crippen molar-refractivity contribution < 1.29 is 13.9 Å². The maximum Gasteiger partial charge on any atom is 0.280 e. The minimum atomic E-state index is -0.156. The predicted molar refractivity (Wildman–Crippen MR) is 80.9 cm³/mol. The molecule has 0 saturated carbocycles. The van der Waals surface area contributed by atoms with Crippen LogP contribution in [0.25, 0.3) is 0 Å². The normalized spacial score (nSPS) is 10.5. The van der Waals surface area contributed by atoms with Crippen molar-refractivity contribution in [2.45, 2.75) is 27.7 Å². The lowest BCUT2D eigenvalue weighted by atomic mass is 10.2. The third-order valence-electron chi connectivity index (χ3n) is 3.13. The van der Waals surface area contributed by atoms with Crippen LogP contribution in [0, 0.1) is 13.8 Å². The molecule has 0 aliphatic carbocycles. The van der Waals surface area contributed by atoms with Crippen molar-refractivity contribution in [2.75, 3.05) is 18.1 Å². The molecule has 2 aromatic rings. The largest absolute Gasteiger partial charge is 0.494 e. The lowest BCUT2D eigenvalue weighted by molar-refractivity contribution is 0.0982. The maximum atomic E-state index is 12.6. The lowest BCUT2D eigenvalue weighted by Gasteiger charge is -2.20. The van der Waals surface area contributed by atoms with Crippen molar-refractivity contribution in [1.29, 1.82) is 0 Å². The van der Waals surface area contributed by atoms with Gasteiger partial charge in [0.25, 0.3) is 5.91 Å². The van der Waals surface area contributed by atoms with E-state index in [0.29, 0.717) is 30.5 Å². The molecule has 1 aromatic carbocycles. The van der Waals surface area contributed by atoms with Crippen LogP contribution in [-0.4, -0.2) is 24.0 Å². The standard InChI is InChI=1S/C16H20N2O3/c1-5-18(13-7-9-14(10-8-13)20-6-2)16(19)15-11(3)21-12(4)17-15/h7-10H,5-6H2,1-4H3. The summed E-state index contributed by atoms with van der Waals surface area (Å²) in [6, 6.07) is 7.45. The molecule has 1 amide bonds. The summed E-state index contributed by atoms with van der Waals surface area (Å²) in [5, 5.41) is 0. The second kappa shape index (κ2) is 6.43. The van der Waals surface area contributed by atoms with E-state index in [4.69, 9.17) is 9.15 Å². The number of aromatic nitrogens is 1. The van der Waals surface area contributed by atoms with Gasteiger partial charge in [-0.25, -0.2) is 4.98 Å². The van der Waals surface area contributed by atoms with Crippen molar-refractivity contribution in [1.82, 2.24) is 4.98 Å². The molecule has 0 spiro atoms. The number of nitrogens with zero attached hydrogens (tertiary/aromatic N) is 2. The van der Waals surface area contributed by atoms with E-state index in [1.54, 1.807) is 18.7 Å². The first-order valence-electron chi connectivity index (χ1n) is 7.05. The third-order valence-corrected chi connectivity index (χ3v) is 3.13. The molecule has 0 aliphatic rings. The fourth-order valence-electron chi connectivity index (χ4n) is 2.19. The SMILES string of the molecule is CCOc1ccc(N(CC)C(=O)c2nc(C)oc2C)cc1. The smallest absolute Gasteiger partial charge is 0.280 e. The molecule has 0 atom stereocenters. The molecule has 1 heterocycles. The average molecular weight is 288 g/mol. The molecule has 0 unspecified atom stereocenters. The third kappa shape index (κ3) is 3.24. The first-order valence-corrected chi connectivity index (χ1v) is 7.05. The van der Waals surface area contributed by atoms with Gasteiger partial charge >= 0.3 is 0 Å². The van der Waals surface area contributed by atoms with E-state index in [2.05, 4.69) is 4.98 Å². The number of carbonyl (C=O) groups is 1. The van der Waals surface area contributed by atoms with Gasteiger partial charge in [0.1, 0.15) is 11.5 Å². The van der Waals surface area contributed by atoms with E-state index >= 15 is 0 Å². The van der Waals surface area contributed by atoms with Crippen LogP contribution in [0.4, 0.5) is 5.69 Å². The van der Waals surface area contributed by atoms with Crippen molar-refractivity contribution in [3.05, 3.63) is 41.6 Å². The molecule has 0 fully saturated rings. The van der Waals surface area contributed by atoms with Gasteiger partial charge in [-0.05, 0) is 45.0 Å². The van der Waals surface area contributed by atoms with Crippen molar-refractivity contribution in [3.8, 4) is 5.75 Å². The number of rotatable bonds is 5. The Labute approximate surface area is 124 Å². The number of carbonyl (C=O) groups excluding carboxylic acids is 1. The Bertz CT molecular complexity index is 617. The molecule has 0 N–H and O–H groups in total. The highest BCUT2D eigenvalue weighted by atomic mass is 16.5. The number of aryl methyl sites for hydroxylation is 2. The van der Waals surface area contributed by atoms with Crippen molar-refractivity contribution in [3.63, 3.8) is 0 Å². The van der Waals surface area contributed by atoms with Gasteiger partial charge in [-0.3, -0.25) is 4.79 Å². The molecule has 0 aliphatic heterocycles. The fraction of sp³-hybridized carbons (Fsp3) is 0.375. The van der Waals surface area contributed by atoms with Gasteiger partial charge in [-0.2, -0.15) is 0 Å². The maximum absolute atomic E-state index is 12.6. The fourth-order valence-corrected chi connectivity index (χ4v) is 2.19. The number of oxazole rings is 1. The Hall–Kier alpha value is -2.30. The van der Waals surface area contributed by atoms with Crippen LogP contribution in [0.5, 0.6) is 5.75 Å². The molecule has 5 nitrogen and oxygen atoms in total.